The minimum atomic E-state index is -0.318. The smallest absolute Gasteiger partial charge is 0.164 e. The van der Waals surface area contributed by atoms with Crippen LogP contribution >= 0.6 is 0 Å². The summed E-state index contributed by atoms with van der Waals surface area (Å²) >= 11 is 0. The number of rotatable bonds is 1. The van der Waals surface area contributed by atoms with E-state index in [-0.39, 0.29) is 5.54 Å². The van der Waals surface area contributed by atoms with Crippen LogP contribution in [0.25, 0.3) is 5.65 Å². The van der Waals surface area contributed by atoms with Crippen LogP contribution in [0.1, 0.15) is 43.0 Å². The fourth-order valence-corrected chi connectivity index (χ4v) is 2.79. The summed E-state index contributed by atoms with van der Waals surface area (Å²) in [5.74, 6) is 1.78. The molecule has 0 aromatic carbocycles. The van der Waals surface area contributed by atoms with Gasteiger partial charge >= 0.3 is 0 Å². The SMILES string of the molecule is Cc1cc2nnc(C3(N)CCCC3)n2c(C)n1. The molecule has 0 unspecified atom stereocenters. The van der Waals surface area contributed by atoms with E-state index in [1.807, 2.05) is 24.3 Å². The highest BCUT2D eigenvalue weighted by atomic mass is 15.3. The molecule has 17 heavy (non-hydrogen) atoms. The van der Waals surface area contributed by atoms with Crippen molar-refractivity contribution in [3.8, 4) is 0 Å². The Bertz CT molecular complexity index is 566. The van der Waals surface area contributed by atoms with Crippen LogP contribution in [0.15, 0.2) is 6.07 Å². The van der Waals surface area contributed by atoms with Crippen molar-refractivity contribution in [3.05, 3.63) is 23.4 Å². The van der Waals surface area contributed by atoms with Gasteiger partial charge in [-0.2, -0.15) is 0 Å². The highest BCUT2D eigenvalue weighted by molar-refractivity contribution is 5.41. The summed E-state index contributed by atoms with van der Waals surface area (Å²) in [6, 6.07) is 1.95. The summed E-state index contributed by atoms with van der Waals surface area (Å²) in [7, 11) is 0. The second-order valence-corrected chi connectivity index (χ2v) is 5.03. The van der Waals surface area contributed by atoms with Crippen molar-refractivity contribution in [1.29, 1.82) is 0 Å². The predicted molar refractivity (Wildman–Crippen MR) is 64.6 cm³/mol. The molecule has 3 rings (SSSR count). The van der Waals surface area contributed by atoms with Crippen LogP contribution in [-0.2, 0) is 5.54 Å². The van der Waals surface area contributed by atoms with Crippen LogP contribution in [0, 0.1) is 13.8 Å². The largest absolute Gasteiger partial charge is 0.319 e. The minimum Gasteiger partial charge on any atom is -0.319 e. The van der Waals surface area contributed by atoms with Gasteiger partial charge in [0.05, 0.1) is 5.54 Å². The van der Waals surface area contributed by atoms with E-state index in [0.29, 0.717) is 0 Å². The third kappa shape index (κ3) is 1.53. The lowest BCUT2D eigenvalue weighted by molar-refractivity contribution is 0.425. The predicted octanol–water partition coefficient (Wildman–Crippen LogP) is 1.47. The van der Waals surface area contributed by atoms with Crippen LogP contribution < -0.4 is 5.73 Å². The highest BCUT2D eigenvalue weighted by Crippen LogP contribution is 2.35. The average molecular weight is 231 g/mol. The van der Waals surface area contributed by atoms with Crippen molar-refractivity contribution in [2.75, 3.05) is 0 Å². The van der Waals surface area contributed by atoms with E-state index < -0.39 is 0 Å². The lowest BCUT2D eigenvalue weighted by Gasteiger charge is -2.21. The molecule has 2 N–H and O–H groups in total. The molecular weight excluding hydrogens is 214 g/mol. The van der Waals surface area contributed by atoms with Crippen LogP contribution in [0.4, 0.5) is 0 Å². The molecule has 1 aliphatic rings. The summed E-state index contributed by atoms with van der Waals surface area (Å²) in [5, 5.41) is 8.52. The Hall–Kier alpha value is -1.49. The quantitative estimate of drug-likeness (QED) is 0.807. The second kappa shape index (κ2) is 3.50. The first-order valence-corrected chi connectivity index (χ1v) is 6.09. The van der Waals surface area contributed by atoms with Crippen LogP contribution in [-0.4, -0.2) is 19.6 Å². The molecule has 2 aromatic rings. The fourth-order valence-electron chi connectivity index (χ4n) is 2.79. The van der Waals surface area contributed by atoms with E-state index in [2.05, 4.69) is 15.2 Å². The van der Waals surface area contributed by atoms with E-state index in [9.17, 15) is 0 Å². The van der Waals surface area contributed by atoms with E-state index >= 15 is 0 Å². The third-order valence-corrected chi connectivity index (χ3v) is 3.63. The maximum absolute atomic E-state index is 6.45. The van der Waals surface area contributed by atoms with Gasteiger partial charge in [0.15, 0.2) is 11.5 Å². The Balaban J connectivity index is 2.24. The fraction of sp³-hybridized carbons (Fsp3) is 0.583. The molecule has 0 amide bonds. The minimum absolute atomic E-state index is 0.318. The van der Waals surface area contributed by atoms with Gasteiger partial charge in [-0.3, -0.25) is 4.40 Å². The topological polar surface area (TPSA) is 69.1 Å². The normalized spacial score (nSPS) is 19.0. The van der Waals surface area contributed by atoms with Crippen molar-refractivity contribution in [1.82, 2.24) is 19.6 Å². The number of hydrogen-bond acceptors (Lipinski definition) is 4. The molecule has 0 saturated heterocycles. The Morgan fingerprint density at radius 3 is 2.65 bits per heavy atom. The lowest BCUT2D eigenvalue weighted by atomic mass is 9.98. The maximum atomic E-state index is 6.45. The van der Waals surface area contributed by atoms with E-state index in [1.54, 1.807) is 0 Å². The molecule has 5 heteroatoms. The first-order valence-electron chi connectivity index (χ1n) is 6.09. The molecule has 1 fully saturated rings. The molecule has 1 aliphatic carbocycles. The molecule has 5 nitrogen and oxygen atoms in total. The highest BCUT2D eigenvalue weighted by Gasteiger charge is 2.36. The Kier molecular flexibility index (Phi) is 2.19. The van der Waals surface area contributed by atoms with Crippen molar-refractivity contribution >= 4 is 5.65 Å². The van der Waals surface area contributed by atoms with Crippen molar-refractivity contribution in [2.24, 2.45) is 5.73 Å². The number of aryl methyl sites for hydroxylation is 2. The van der Waals surface area contributed by atoms with Gasteiger partial charge in [-0.25, -0.2) is 4.98 Å². The first kappa shape index (κ1) is 10.7. The zero-order valence-electron chi connectivity index (χ0n) is 10.3. The number of fused-ring (bicyclic) bond motifs is 1. The molecule has 90 valence electrons. The summed E-state index contributed by atoms with van der Waals surface area (Å²) in [6.45, 7) is 3.94. The standard InChI is InChI=1S/C12H17N5/c1-8-7-10-15-16-11(17(10)9(2)14-8)12(13)5-3-4-6-12/h7H,3-6,13H2,1-2H3. The van der Waals surface area contributed by atoms with E-state index in [0.717, 1.165) is 35.8 Å². The Morgan fingerprint density at radius 2 is 1.94 bits per heavy atom. The van der Waals surface area contributed by atoms with Gasteiger partial charge in [0.2, 0.25) is 0 Å². The van der Waals surface area contributed by atoms with Crippen molar-refractivity contribution < 1.29 is 0 Å². The molecule has 0 bridgehead atoms. The molecule has 1 saturated carbocycles. The maximum Gasteiger partial charge on any atom is 0.164 e. The van der Waals surface area contributed by atoms with Crippen LogP contribution in [0.2, 0.25) is 0 Å². The first-order chi connectivity index (χ1) is 8.10. The van der Waals surface area contributed by atoms with Gasteiger partial charge in [0.1, 0.15) is 5.82 Å². The molecule has 2 aromatic heterocycles. The average Bonchev–Trinajstić information content (AvgIpc) is 2.84. The summed E-state index contributed by atoms with van der Waals surface area (Å²) in [6.07, 6.45) is 4.32. The molecule has 0 spiro atoms. The lowest BCUT2D eigenvalue weighted by Crippen LogP contribution is -2.35. The van der Waals surface area contributed by atoms with Gasteiger partial charge in [0.25, 0.3) is 0 Å². The van der Waals surface area contributed by atoms with Crippen molar-refractivity contribution in [3.63, 3.8) is 0 Å². The third-order valence-electron chi connectivity index (χ3n) is 3.63. The summed E-state index contributed by atoms with van der Waals surface area (Å²) < 4.78 is 2.00. The molecule has 0 aliphatic heterocycles. The monoisotopic (exact) mass is 231 g/mol. The zero-order valence-corrected chi connectivity index (χ0v) is 10.3. The van der Waals surface area contributed by atoms with Gasteiger partial charge < -0.3 is 5.73 Å². The van der Waals surface area contributed by atoms with Crippen LogP contribution in [0.5, 0.6) is 0 Å². The zero-order chi connectivity index (χ0) is 12.0. The van der Waals surface area contributed by atoms with Crippen LogP contribution in [0.3, 0.4) is 0 Å². The number of nitrogens with zero attached hydrogens (tertiary/aromatic N) is 4. The van der Waals surface area contributed by atoms with Crippen molar-refractivity contribution in [2.45, 2.75) is 45.1 Å². The molecule has 0 radical (unpaired) electrons. The Morgan fingerprint density at radius 1 is 1.24 bits per heavy atom. The molecule has 2 heterocycles. The van der Waals surface area contributed by atoms with E-state index in [4.69, 9.17) is 5.73 Å². The molecule has 0 atom stereocenters. The second-order valence-electron chi connectivity index (χ2n) is 5.03. The number of hydrogen-bond donors (Lipinski definition) is 1. The van der Waals surface area contributed by atoms with Gasteiger partial charge in [-0.15, -0.1) is 10.2 Å². The van der Waals surface area contributed by atoms with Gasteiger partial charge in [0, 0.05) is 11.8 Å². The summed E-state index contributed by atoms with van der Waals surface area (Å²) in [5.41, 5.74) is 7.94. The number of nitrogens with two attached hydrogens (primary N) is 1. The molecular formula is C12H17N5. The van der Waals surface area contributed by atoms with Gasteiger partial charge in [-0.05, 0) is 26.7 Å². The van der Waals surface area contributed by atoms with Gasteiger partial charge in [-0.1, -0.05) is 12.8 Å². The Labute approximate surface area is 100 Å². The summed E-state index contributed by atoms with van der Waals surface area (Å²) in [4.78, 5) is 4.46. The van der Waals surface area contributed by atoms with E-state index in [1.165, 1.54) is 12.8 Å². The number of aromatic nitrogens is 4.